The van der Waals surface area contributed by atoms with Crippen molar-refractivity contribution in [3.05, 3.63) is 0 Å². The topological polar surface area (TPSA) is 32.3 Å². The number of carbonyl (C=O) groups is 1. The molecule has 0 aliphatic carbocycles. The van der Waals surface area contributed by atoms with Gasteiger partial charge >= 0.3 is 0 Å². The lowest BCUT2D eigenvalue weighted by molar-refractivity contribution is -0.132. The summed E-state index contributed by atoms with van der Waals surface area (Å²) >= 11 is 0. The Bertz CT molecular complexity index is 226. The first-order valence-electron chi connectivity index (χ1n) is 5.90. The minimum absolute atomic E-state index is 0. The van der Waals surface area contributed by atoms with Crippen LogP contribution in [0.3, 0.4) is 0 Å². The average molecular weight is 249 g/mol. The van der Waals surface area contributed by atoms with Crippen molar-refractivity contribution < 1.29 is 4.79 Å². The van der Waals surface area contributed by atoms with Crippen LogP contribution in [0.2, 0.25) is 0 Å². The Balaban J connectivity index is 0.00000225. The van der Waals surface area contributed by atoms with E-state index in [2.05, 4.69) is 33.0 Å². The third-order valence-electron chi connectivity index (χ3n) is 2.81. The fourth-order valence-electron chi connectivity index (χ4n) is 1.80. The standard InChI is InChI=1S/C12H24N2O.ClH/c1-10-9-14(8-7-13-10)11(15)5-6-12(2,3)4;/h10,13H,5-9H2,1-4H3;1H/t10-;/m0./s1. The van der Waals surface area contributed by atoms with Gasteiger partial charge in [0.25, 0.3) is 0 Å². The smallest absolute Gasteiger partial charge is 0.222 e. The molecule has 1 aliphatic heterocycles. The largest absolute Gasteiger partial charge is 0.340 e. The van der Waals surface area contributed by atoms with Gasteiger partial charge in [-0.3, -0.25) is 4.79 Å². The van der Waals surface area contributed by atoms with Crippen LogP contribution in [0.15, 0.2) is 0 Å². The van der Waals surface area contributed by atoms with Crippen LogP contribution < -0.4 is 5.32 Å². The van der Waals surface area contributed by atoms with E-state index in [-0.39, 0.29) is 17.8 Å². The van der Waals surface area contributed by atoms with Crippen LogP contribution in [-0.4, -0.2) is 36.5 Å². The highest BCUT2D eigenvalue weighted by atomic mass is 35.5. The van der Waals surface area contributed by atoms with Crippen molar-refractivity contribution in [3.8, 4) is 0 Å². The number of nitrogens with zero attached hydrogens (tertiary/aromatic N) is 1. The highest BCUT2D eigenvalue weighted by molar-refractivity contribution is 5.85. The predicted molar refractivity (Wildman–Crippen MR) is 70.0 cm³/mol. The zero-order valence-electron chi connectivity index (χ0n) is 10.9. The Kier molecular flexibility index (Phi) is 6.34. The van der Waals surface area contributed by atoms with E-state index in [1.54, 1.807) is 0 Å². The fraction of sp³-hybridized carbons (Fsp3) is 0.917. The number of nitrogens with one attached hydrogen (secondary N) is 1. The number of carbonyl (C=O) groups excluding carboxylic acids is 1. The average Bonchev–Trinajstić information content (AvgIpc) is 2.13. The summed E-state index contributed by atoms with van der Waals surface area (Å²) < 4.78 is 0. The van der Waals surface area contributed by atoms with E-state index in [1.165, 1.54) is 0 Å². The van der Waals surface area contributed by atoms with Gasteiger partial charge in [0.1, 0.15) is 0 Å². The predicted octanol–water partition coefficient (Wildman–Crippen LogP) is 2.05. The lowest BCUT2D eigenvalue weighted by atomic mass is 9.90. The van der Waals surface area contributed by atoms with E-state index in [9.17, 15) is 4.79 Å². The first-order valence-corrected chi connectivity index (χ1v) is 5.90. The van der Waals surface area contributed by atoms with E-state index >= 15 is 0 Å². The molecule has 0 spiro atoms. The summed E-state index contributed by atoms with van der Waals surface area (Å²) in [6.07, 6.45) is 1.67. The van der Waals surface area contributed by atoms with Gasteiger partial charge in [-0.25, -0.2) is 0 Å². The molecule has 0 unspecified atom stereocenters. The number of rotatable bonds is 2. The van der Waals surface area contributed by atoms with Crippen molar-refractivity contribution in [1.82, 2.24) is 10.2 Å². The van der Waals surface area contributed by atoms with E-state index in [0.29, 0.717) is 18.4 Å². The monoisotopic (exact) mass is 248 g/mol. The van der Waals surface area contributed by atoms with Crippen molar-refractivity contribution in [2.75, 3.05) is 19.6 Å². The van der Waals surface area contributed by atoms with Gasteiger partial charge in [-0.05, 0) is 18.8 Å². The molecule has 1 atom stereocenters. The second-order valence-corrected chi connectivity index (χ2v) is 5.76. The van der Waals surface area contributed by atoms with Crippen LogP contribution in [0.4, 0.5) is 0 Å². The summed E-state index contributed by atoms with van der Waals surface area (Å²) in [5.74, 6) is 0.318. The van der Waals surface area contributed by atoms with Gasteiger partial charge in [-0.1, -0.05) is 20.8 Å². The normalized spacial score (nSPS) is 21.5. The summed E-state index contributed by atoms with van der Waals surface area (Å²) in [4.78, 5) is 13.9. The molecule has 1 rings (SSSR count). The van der Waals surface area contributed by atoms with Gasteiger partial charge in [0.05, 0.1) is 0 Å². The molecule has 0 radical (unpaired) electrons. The molecule has 0 saturated carbocycles. The molecule has 1 fully saturated rings. The number of amides is 1. The fourth-order valence-corrected chi connectivity index (χ4v) is 1.80. The van der Waals surface area contributed by atoms with E-state index in [4.69, 9.17) is 0 Å². The minimum atomic E-state index is 0. The molecule has 0 aromatic rings. The van der Waals surface area contributed by atoms with Crippen molar-refractivity contribution in [2.45, 2.75) is 46.6 Å². The van der Waals surface area contributed by atoms with Crippen LogP contribution in [0, 0.1) is 5.41 Å². The third-order valence-corrected chi connectivity index (χ3v) is 2.81. The molecule has 4 heteroatoms. The Morgan fingerprint density at radius 1 is 1.44 bits per heavy atom. The number of halogens is 1. The van der Waals surface area contributed by atoms with Gasteiger partial charge in [0.15, 0.2) is 0 Å². The number of hydrogen-bond acceptors (Lipinski definition) is 2. The molecule has 1 amide bonds. The molecule has 16 heavy (non-hydrogen) atoms. The highest BCUT2D eigenvalue weighted by Crippen LogP contribution is 2.21. The molecule has 96 valence electrons. The molecule has 3 nitrogen and oxygen atoms in total. The lowest BCUT2D eigenvalue weighted by Gasteiger charge is -2.32. The Morgan fingerprint density at radius 3 is 2.56 bits per heavy atom. The van der Waals surface area contributed by atoms with Crippen LogP contribution in [0.5, 0.6) is 0 Å². The zero-order chi connectivity index (χ0) is 11.5. The Morgan fingerprint density at radius 2 is 2.06 bits per heavy atom. The first kappa shape index (κ1) is 15.7. The van der Waals surface area contributed by atoms with Gasteiger partial charge in [0.2, 0.25) is 5.91 Å². The minimum Gasteiger partial charge on any atom is -0.340 e. The van der Waals surface area contributed by atoms with Gasteiger partial charge in [-0.2, -0.15) is 0 Å². The van der Waals surface area contributed by atoms with Gasteiger partial charge < -0.3 is 10.2 Å². The van der Waals surface area contributed by atoms with Crippen molar-refractivity contribution in [3.63, 3.8) is 0 Å². The molecular formula is C12H25ClN2O. The number of hydrogen-bond donors (Lipinski definition) is 1. The second-order valence-electron chi connectivity index (χ2n) is 5.76. The van der Waals surface area contributed by atoms with E-state index in [1.807, 2.05) is 4.90 Å². The Labute approximate surface area is 105 Å². The SMILES string of the molecule is C[C@H]1CN(C(=O)CCC(C)(C)C)CCN1.Cl. The highest BCUT2D eigenvalue weighted by Gasteiger charge is 2.21. The zero-order valence-corrected chi connectivity index (χ0v) is 11.7. The number of piperazine rings is 1. The maximum atomic E-state index is 11.9. The van der Waals surface area contributed by atoms with Crippen molar-refractivity contribution >= 4 is 18.3 Å². The first-order chi connectivity index (χ1) is 6.88. The Hall–Kier alpha value is -0.280. The van der Waals surface area contributed by atoms with E-state index in [0.717, 1.165) is 26.1 Å². The van der Waals surface area contributed by atoms with Crippen molar-refractivity contribution in [1.29, 1.82) is 0 Å². The molecule has 0 bridgehead atoms. The molecule has 0 aromatic heterocycles. The van der Waals surface area contributed by atoms with E-state index < -0.39 is 0 Å². The summed E-state index contributed by atoms with van der Waals surface area (Å²) in [7, 11) is 0. The second kappa shape index (κ2) is 6.45. The summed E-state index contributed by atoms with van der Waals surface area (Å²) in [6.45, 7) is 11.3. The van der Waals surface area contributed by atoms with Crippen LogP contribution in [-0.2, 0) is 4.79 Å². The molecule has 1 aliphatic rings. The molecule has 0 aromatic carbocycles. The molecule has 1 heterocycles. The van der Waals surface area contributed by atoms with Gasteiger partial charge in [-0.15, -0.1) is 12.4 Å². The maximum Gasteiger partial charge on any atom is 0.222 e. The van der Waals surface area contributed by atoms with Crippen LogP contribution in [0.1, 0.15) is 40.5 Å². The third kappa shape index (κ3) is 5.71. The summed E-state index contributed by atoms with van der Waals surface area (Å²) in [5.41, 5.74) is 0.259. The molecule has 1 N–H and O–H groups in total. The van der Waals surface area contributed by atoms with Gasteiger partial charge in [0, 0.05) is 32.1 Å². The van der Waals surface area contributed by atoms with Crippen LogP contribution in [0.25, 0.3) is 0 Å². The molecule has 1 saturated heterocycles. The molecular weight excluding hydrogens is 224 g/mol. The quantitative estimate of drug-likeness (QED) is 0.811. The van der Waals surface area contributed by atoms with Crippen molar-refractivity contribution in [2.24, 2.45) is 5.41 Å². The lowest BCUT2D eigenvalue weighted by Crippen LogP contribution is -2.51. The summed E-state index contributed by atoms with van der Waals surface area (Å²) in [6, 6.07) is 0.442. The van der Waals surface area contributed by atoms with Crippen LogP contribution >= 0.6 is 12.4 Å². The summed E-state index contributed by atoms with van der Waals surface area (Å²) in [5, 5.41) is 3.35. The maximum absolute atomic E-state index is 11.9.